The number of hydrogen-bond acceptors (Lipinski definition) is 3. The van der Waals surface area contributed by atoms with Crippen molar-refractivity contribution in [3.8, 4) is 0 Å². The van der Waals surface area contributed by atoms with E-state index in [1.165, 1.54) is 0 Å². The normalized spacial score (nSPS) is 21.0. The molecule has 1 saturated heterocycles. The van der Waals surface area contributed by atoms with Crippen molar-refractivity contribution in [1.29, 1.82) is 0 Å². The summed E-state index contributed by atoms with van der Waals surface area (Å²) >= 11 is 1.63. The summed E-state index contributed by atoms with van der Waals surface area (Å²) in [5.74, 6) is 1.34. The number of nitrogens with zero attached hydrogens (tertiary/aromatic N) is 1. The molecular formula is C11H20N2O2S. The summed E-state index contributed by atoms with van der Waals surface area (Å²) in [5, 5.41) is 2.78. The highest BCUT2D eigenvalue weighted by atomic mass is 32.2. The molecule has 1 rings (SSSR count). The molecule has 1 aliphatic rings. The van der Waals surface area contributed by atoms with Crippen LogP contribution in [0.2, 0.25) is 0 Å². The van der Waals surface area contributed by atoms with Gasteiger partial charge in [-0.2, -0.15) is 0 Å². The molecule has 0 aromatic heterocycles. The Hall–Kier alpha value is -0.710. The van der Waals surface area contributed by atoms with E-state index in [9.17, 15) is 9.59 Å². The summed E-state index contributed by atoms with van der Waals surface area (Å²) in [7, 11) is 0. The Kier molecular flexibility index (Phi) is 4.24. The quantitative estimate of drug-likeness (QED) is 0.790. The predicted molar refractivity (Wildman–Crippen MR) is 66.1 cm³/mol. The zero-order valence-corrected chi connectivity index (χ0v) is 11.2. The van der Waals surface area contributed by atoms with E-state index < -0.39 is 5.41 Å². The molecule has 1 N–H and O–H groups in total. The van der Waals surface area contributed by atoms with Crippen LogP contribution in [0.1, 0.15) is 27.7 Å². The molecule has 0 radical (unpaired) electrons. The summed E-state index contributed by atoms with van der Waals surface area (Å²) in [6.45, 7) is 8.14. The number of nitrogens with one attached hydrogen (secondary N) is 1. The van der Waals surface area contributed by atoms with Crippen LogP contribution in [0, 0.1) is 5.41 Å². The first-order valence-electron chi connectivity index (χ1n) is 5.54. The van der Waals surface area contributed by atoms with E-state index in [0.29, 0.717) is 18.2 Å². The molecule has 0 aromatic rings. The summed E-state index contributed by atoms with van der Waals surface area (Å²) in [5.41, 5.74) is -0.421. The van der Waals surface area contributed by atoms with Gasteiger partial charge >= 0.3 is 0 Å². The molecular weight excluding hydrogens is 224 g/mol. The molecule has 0 unspecified atom stereocenters. The van der Waals surface area contributed by atoms with Gasteiger partial charge in [0.2, 0.25) is 11.8 Å². The van der Waals surface area contributed by atoms with Gasteiger partial charge in [0.05, 0.1) is 5.88 Å². The Morgan fingerprint density at radius 3 is 2.56 bits per heavy atom. The molecule has 1 aliphatic heterocycles. The van der Waals surface area contributed by atoms with Crippen molar-refractivity contribution >= 4 is 23.6 Å². The highest BCUT2D eigenvalue weighted by Crippen LogP contribution is 2.27. The maximum absolute atomic E-state index is 12.1. The number of carbonyl (C=O) groups is 2. The fourth-order valence-corrected chi connectivity index (χ4v) is 2.74. The number of likely N-dealkylation sites (N-methyl/N-ethyl adjacent to an activating group) is 1. The third-order valence-electron chi connectivity index (χ3n) is 2.44. The second kappa shape index (κ2) is 5.08. The lowest BCUT2D eigenvalue weighted by Gasteiger charge is -2.29. The van der Waals surface area contributed by atoms with Gasteiger partial charge in [0.25, 0.3) is 0 Å². The summed E-state index contributed by atoms with van der Waals surface area (Å²) in [6, 6.07) is -0.295. The van der Waals surface area contributed by atoms with E-state index >= 15 is 0 Å². The molecule has 0 aromatic carbocycles. The van der Waals surface area contributed by atoms with Gasteiger partial charge in [-0.3, -0.25) is 9.59 Å². The molecule has 4 nitrogen and oxygen atoms in total. The molecule has 16 heavy (non-hydrogen) atoms. The molecule has 2 amide bonds. The summed E-state index contributed by atoms with van der Waals surface area (Å²) < 4.78 is 0. The van der Waals surface area contributed by atoms with Crippen molar-refractivity contribution in [3.05, 3.63) is 0 Å². The van der Waals surface area contributed by atoms with Gasteiger partial charge in [-0.05, 0) is 6.92 Å². The Morgan fingerprint density at radius 1 is 1.44 bits per heavy atom. The van der Waals surface area contributed by atoms with Crippen LogP contribution in [0.5, 0.6) is 0 Å². The molecule has 92 valence electrons. The Balaban J connectivity index is 2.73. The smallest absolute Gasteiger partial charge is 0.243 e. The Morgan fingerprint density at radius 2 is 2.06 bits per heavy atom. The molecule has 0 saturated carbocycles. The maximum Gasteiger partial charge on any atom is 0.243 e. The van der Waals surface area contributed by atoms with Crippen LogP contribution < -0.4 is 5.32 Å². The molecule has 0 spiro atoms. The fourth-order valence-electron chi connectivity index (χ4n) is 1.58. The van der Waals surface area contributed by atoms with Crippen molar-refractivity contribution in [2.24, 2.45) is 5.41 Å². The SMILES string of the molecule is CCNC(=O)[C@@H]1CSCN1C(=O)C(C)(C)C. The average Bonchev–Trinajstić information content (AvgIpc) is 2.63. The second-order valence-electron chi connectivity index (χ2n) is 4.94. The van der Waals surface area contributed by atoms with E-state index in [4.69, 9.17) is 0 Å². The summed E-state index contributed by atoms with van der Waals surface area (Å²) in [4.78, 5) is 25.6. The van der Waals surface area contributed by atoms with Crippen molar-refractivity contribution in [2.45, 2.75) is 33.7 Å². The summed E-state index contributed by atoms with van der Waals surface area (Å²) in [6.07, 6.45) is 0. The average molecular weight is 244 g/mol. The monoisotopic (exact) mass is 244 g/mol. The van der Waals surface area contributed by atoms with Crippen LogP contribution in [-0.4, -0.2) is 40.9 Å². The minimum absolute atomic E-state index is 0.0369. The lowest BCUT2D eigenvalue weighted by molar-refractivity contribution is -0.144. The van der Waals surface area contributed by atoms with E-state index in [1.807, 2.05) is 27.7 Å². The van der Waals surface area contributed by atoms with Gasteiger partial charge in [0.15, 0.2) is 0 Å². The Labute approximate surface area is 101 Å². The zero-order valence-electron chi connectivity index (χ0n) is 10.4. The van der Waals surface area contributed by atoms with Crippen LogP contribution in [0.25, 0.3) is 0 Å². The van der Waals surface area contributed by atoms with Crippen molar-refractivity contribution in [3.63, 3.8) is 0 Å². The van der Waals surface area contributed by atoms with E-state index in [1.54, 1.807) is 16.7 Å². The Bertz CT molecular complexity index is 286. The van der Waals surface area contributed by atoms with Crippen LogP contribution in [-0.2, 0) is 9.59 Å². The van der Waals surface area contributed by atoms with E-state index in [-0.39, 0.29) is 17.9 Å². The topological polar surface area (TPSA) is 49.4 Å². The van der Waals surface area contributed by atoms with Gasteiger partial charge in [-0.1, -0.05) is 20.8 Å². The lowest BCUT2D eigenvalue weighted by Crippen LogP contribution is -2.50. The molecule has 1 heterocycles. The molecule has 1 atom stereocenters. The highest BCUT2D eigenvalue weighted by Gasteiger charge is 2.38. The minimum atomic E-state index is -0.421. The number of carbonyl (C=O) groups excluding carboxylic acids is 2. The first kappa shape index (κ1) is 13.4. The molecule has 0 bridgehead atoms. The number of thioether (sulfide) groups is 1. The number of hydrogen-bond donors (Lipinski definition) is 1. The zero-order chi connectivity index (χ0) is 12.3. The first-order valence-corrected chi connectivity index (χ1v) is 6.70. The third-order valence-corrected chi connectivity index (χ3v) is 3.45. The van der Waals surface area contributed by atoms with Crippen LogP contribution in [0.15, 0.2) is 0 Å². The van der Waals surface area contributed by atoms with Crippen LogP contribution >= 0.6 is 11.8 Å². The van der Waals surface area contributed by atoms with Gasteiger partial charge < -0.3 is 10.2 Å². The van der Waals surface area contributed by atoms with Crippen LogP contribution in [0.3, 0.4) is 0 Å². The molecule has 1 fully saturated rings. The van der Waals surface area contributed by atoms with E-state index in [2.05, 4.69) is 5.32 Å². The van der Waals surface area contributed by atoms with Crippen LogP contribution in [0.4, 0.5) is 0 Å². The van der Waals surface area contributed by atoms with Gasteiger partial charge in [-0.15, -0.1) is 11.8 Å². The van der Waals surface area contributed by atoms with Gasteiger partial charge in [0, 0.05) is 17.7 Å². The standard InChI is InChI=1S/C11H20N2O2S/c1-5-12-9(14)8-6-16-7-13(8)10(15)11(2,3)4/h8H,5-7H2,1-4H3,(H,12,14)/t8-/m0/s1. The number of amides is 2. The fraction of sp³-hybridized carbons (Fsp3) is 0.818. The van der Waals surface area contributed by atoms with Crippen molar-refractivity contribution < 1.29 is 9.59 Å². The van der Waals surface area contributed by atoms with Gasteiger partial charge in [0.1, 0.15) is 6.04 Å². The van der Waals surface area contributed by atoms with E-state index in [0.717, 1.165) is 0 Å². The second-order valence-corrected chi connectivity index (χ2v) is 5.93. The van der Waals surface area contributed by atoms with Crippen molar-refractivity contribution in [1.82, 2.24) is 10.2 Å². The third kappa shape index (κ3) is 2.90. The largest absolute Gasteiger partial charge is 0.355 e. The predicted octanol–water partition coefficient (Wildman–Crippen LogP) is 1.07. The first-order chi connectivity index (χ1) is 7.38. The molecule has 0 aliphatic carbocycles. The highest BCUT2D eigenvalue weighted by molar-refractivity contribution is 7.99. The number of rotatable bonds is 2. The maximum atomic E-state index is 12.1. The lowest BCUT2D eigenvalue weighted by atomic mass is 9.94. The molecule has 5 heteroatoms. The minimum Gasteiger partial charge on any atom is -0.355 e. The van der Waals surface area contributed by atoms with Crippen molar-refractivity contribution in [2.75, 3.05) is 18.2 Å². The van der Waals surface area contributed by atoms with Gasteiger partial charge in [-0.25, -0.2) is 0 Å².